The van der Waals surface area contributed by atoms with Gasteiger partial charge in [0, 0.05) is 13.6 Å². The van der Waals surface area contributed by atoms with Crippen LogP contribution in [0, 0.1) is 5.82 Å². The molecule has 1 rings (SSSR count). The van der Waals surface area contributed by atoms with Gasteiger partial charge in [-0.15, -0.1) is 0 Å². The van der Waals surface area contributed by atoms with E-state index in [9.17, 15) is 12.8 Å². The molecule has 0 unspecified atom stereocenters. The SMILES string of the molecule is CCN(C)S(=O)(=O)c1cc(F)ccc1N. The first-order chi connectivity index (χ1) is 6.89. The largest absolute Gasteiger partial charge is 0.398 e. The van der Waals surface area contributed by atoms with Crippen LogP contribution >= 0.6 is 0 Å². The van der Waals surface area contributed by atoms with E-state index < -0.39 is 15.8 Å². The quantitative estimate of drug-likeness (QED) is 0.792. The Bertz CT molecular complexity index is 459. The van der Waals surface area contributed by atoms with E-state index >= 15 is 0 Å². The van der Waals surface area contributed by atoms with Crippen molar-refractivity contribution in [1.29, 1.82) is 0 Å². The zero-order valence-electron chi connectivity index (χ0n) is 8.57. The van der Waals surface area contributed by atoms with Crippen molar-refractivity contribution in [3.05, 3.63) is 24.0 Å². The van der Waals surface area contributed by atoms with Crippen molar-refractivity contribution >= 4 is 15.7 Å². The number of sulfonamides is 1. The third kappa shape index (κ3) is 2.27. The van der Waals surface area contributed by atoms with Crippen molar-refractivity contribution in [3.8, 4) is 0 Å². The van der Waals surface area contributed by atoms with Gasteiger partial charge in [0.25, 0.3) is 0 Å². The minimum atomic E-state index is -3.67. The van der Waals surface area contributed by atoms with Gasteiger partial charge in [-0.05, 0) is 18.2 Å². The van der Waals surface area contributed by atoms with Crippen LogP contribution in [0.25, 0.3) is 0 Å². The first-order valence-corrected chi connectivity index (χ1v) is 5.85. The van der Waals surface area contributed by atoms with Crippen molar-refractivity contribution < 1.29 is 12.8 Å². The Morgan fingerprint density at radius 2 is 2.07 bits per heavy atom. The lowest BCUT2D eigenvalue weighted by atomic mass is 10.3. The Morgan fingerprint density at radius 1 is 1.47 bits per heavy atom. The molecule has 1 aromatic rings. The molecular weight excluding hydrogens is 219 g/mol. The molecule has 6 heteroatoms. The Morgan fingerprint density at radius 3 is 2.60 bits per heavy atom. The number of nitrogen functional groups attached to an aromatic ring is 1. The van der Waals surface area contributed by atoms with E-state index in [0.717, 1.165) is 16.4 Å². The number of rotatable bonds is 3. The maximum absolute atomic E-state index is 12.9. The fourth-order valence-corrected chi connectivity index (χ4v) is 2.37. The average Bonchev–Trinajstić information content (AvgIpc) is 2.20. The number of hydrogen-bond acceptors (Lipinski definition) is 3. The first kappa shape index (κ1) is 11.9. The molecule has 0 radical (unpaired) electrons. The highest BCUT2D eigenvalue weighted by Crippen LogP contribution is 2.22. The van der Waals surface area contributed by atoms with Crippen molar-refractivity contribution in [2.45, 2.75) is 11.8 Å². The molecule has 1 aromatic carbocycles. The lowest BCUT2D eigenvalue weighted by Gasteiger charge is -2.16. The van der Waals surface area contributed by atoms with Gasteiger partial charge in [0.05, 0.1) is 5.69 Å². The van der Waals surface area contributed by atoms with Crippen LogP contribution in [0.15, 0.2) is 23.1 Å². The highest BCUT2D eigenvalue weighted by Gasteiger charge is 2.22. The zero-order valence-corrected chi connectivity index (χ0v) is 9.38. The summed E-state index contributed by atoms with van der Waals surface area (Å²) in [7, 11) is -2.26. The Kier molecular flexibility index (Phi) is 3.31. The van der Waals surface area contributed by atoms with E-state index in [0.29, 0.717) is 6.54 Å². The van der Waals surface area contributed by atoms with E-state index in [1.807, 2.05) is 0 Å². The zero-order chi connectivity index (χ0) is 11.6. The number of halogens is 1. The molecule has 0 aromatic heterocycles. The van der Waals surface area contributed by atoms with Crippen molar-refractivity contribution in [1.82, 2.24) is 4.31 Å². The molecule has 0 saturated carbocycles. The maximum atomic E-state index is 12.9. The van der Waals surface area contributed by atoms with Gasteiger partial charge >= 0.3 is 0 Å². The topological polar surface area (TPSA) is 63.4 Å². The van der Waals surface area contributed by atoms with Crippen LogP contribution in [-0.2, 0) is 10.0 Å². The highest BCUT2D eigenvalue weighted by atomic mass is 32.2. The van der Waals surface area contributed by atoms with Crippen LogP contribution in [-0.4, -0.2) is 26.3 Å². The lowest BCUT2D eigenvalue weighted by Crippen LogP contribution is -2.27. The van der Waals surface area contributed by atoms with Crippen LogP contribution in [0.4, 0.5) is 10.1 Å². The van der Waals surface area contributed by atoms with E-state index in [-0.39, 0.29) is 10.6 Å². The third-order valence-corrected chi connectivity index (χ3v) is 4.10. The molecule has 0 amide bonds. The minimum Gasteiger partial charge on any atom is -0.398 e. The fraction of sp³-hybridized carbons (Fsp3) is 0.333. The predicted molar refractivity (Wildman–Crippen MR) is 56.3 cm³/mol. The van der Waals surface area contributed by atoms with Gasteiger partial charge in [0.2, 0.25) is 10.0 Å². The monoisotopic (exact) mass is 232 g/mol. The highest BCUT2D eigenvalue weighted by molar-refractivity contribution is 7.89. The van der Waals surface area contributed by atoms with E-state index in [1.165, 1.54) is 13.1 Å². The summed E-state index contributed by atoms with van der Waals surface area (Å²) in [5.41, 5.74) is 5.55. The Hall–Kier alpha value is -1.14. The molecule has 0 saturated heterocycles. The number of nitrogens with zero attached hydrogens (tertiary/aromatic N) is 1. The molecule has 0 bridgehead atoms. The average molecular weight is 232 g/mol. The van der Waals surface area contributed by atoms with Gasteiger partial charge < -0.3 is 5.73 Å². The van der Waals surface area contributed by atoms with E-state index in [1.54, 1.807) is 6.92 Å². The van der Waals surface area contributed by atoms with Crippen molar-refractivity contribution in [2.24, 2.45) is 0 Å². The lowest BCUT2D eigenvalue weighted by molar-refractivity contribution is 0.486. The summed E-state index contributed by atoms with van der Waals surface area (Å²) in [6.07, 6.45) is 0. The molecule has 0 fully saturated rings. The number of hydrogen-bond donors (Lipinski definition) is 1. The third-order valence-electron chi connectivity index (χ3n) is 2.11. The van der Waals surface area contributed by atoms with Crippen LogP contribution < -0.4 is 5.73 Å². The van der Waals surface area contributed by atoms with E-state index in [2.05, 4.69) is 0 Å². The Balaban J connectivity index is 3.33. The molecule has 0 spiro atoms. The number of benzene rings is 1. The molecular formula is C9H13FN2O2S. The second-order valence-electron chi connectivity index (χ2n) is 3.10. The number of nitrogens with two attached hydrogens (primary N) is 1. The second-order valence-corrected chi connectivity index (χ2v) is 5.11. The molecule has 0 heterocycles. The van der Waals surface area contributed by atoms with Crippen LogP contribution in [0.3, 0.4) is 0 Å². The van der Waals surface area contributed by atoms with Gasteiger partial charge in [-0.1, -0.05) is 6.92 Å². The second kappa shape index (κ2) is 4.16. The molecule has 0 atom stereocenters. The molecule has 2 N–H and O–H groups in total. The Labute approximate surface area is 88.6 Å². The minimum absolute atomic E-state index is 0.0525. The first-order valence-electron chi connectivity index (χ1n) is 4.41. The van der Waals surface area contributed by atoms with Gasteiger partial charge in [0.15, 0.2) is 0 Å². The summed E-state index contributed by atoms with van der Waals surface area (Å²) in [5, 5.41) is 0. The summed E-state index contributed by atoms with van der Waals surface area (Å²) < 4.78 is 37.6. The van der Waals surface area contributed by atoms with Gasteiger partial charge in [-0.2, -0.15) is 0 Å². The van der Waals surface area contributed by atoms with Crippen LogP contribution in [0.1, 0.15) is 6.92 Å². The smallest absolute Gasteiger partial charge is 0.244 e. The summed E-state index contributed by atoms with van der Waals surface area (Å²) in [5.74, 6) is -0.618. The van der Waals surface area contributed by atoms with Crippen molar-refractivity contribution in [3.63, 3.8) is 0 Å². The molecule has 84 valence electrons. The standard InChI is InChI=1S/C9H13FN2O2S/c1-3-12(2)15(13,14)9-6-7(10)4-5-8(9)11/h4-6H,3,11H2,1-2H3. The van der Waals surface area contributed by atoms with Gasteiger partial charge in [-0.25, -0.2) is 17.1 Å². The van der Waals surface area contributed by atoms with Gasteiger partial charge in [-0.3, -0.25) is 0 Å². The molecule has 0 aliphatic heterocycles. The number of anilines is 1. The molecule has 15 heavy (non-hydrogen) atoms. The summed E-state index contributed by atoms with van der Waals surface area (Å²) in [4.78, 5) is -0.188. The van der Waals surface area contributed by atoms with Crippen molar-refractivity contribution in [2.75, 3.05) is 19.3 Å². The van der Waals surface area contributed by atoms with Crippen LogP contribution in [0.5, 0.6) is 0 Å². The summed E-state index contributed by atoms with van der Waals surface area (Å²) in [6, 6.07) is 3.29. The van der Waals surface area contributed by atoms with Gasteiger partial charge in [0.1, 0.15) is 10.7 Å². The predicted octanol–water partition coefficient (Wildman–Crippen LogP) is 1.05. The fourth-order valence-electron chi connectivity index (χ4n) is 1.07. The maximum Gasteiger partial charge on any atom is 0.244 e. The summed E-state index contributed by atoms with van der Waals surface area (Å²) in [6.45, 7) is 1.99. The molecule has 4 nitrogen and oxygen atoms in total. The van der Waals surface area contributed by atoms with E-state index in [4.69, 9.17) is 5.73 Å². The van der Waals surface area contributed by atoms with Crippen LogP contribution in [0.2, 0.25) is 0 Å². The molecule has 0 aliphatic carbocycles. The summed E-state index contributed by atoms with van der Waals surface area (Å²) >= 11 is 0. The normalized spacial score (nSPS) is 12.0. The molecule has 0 aliphatic rings.